The van der Waals surface area contributed by atoms with Gasteiger partial charge in [0.2, 0.25) is 5.78 Å². The van der Waals surface area contributed by atoms with Gasteiger partial charge in [0.1, 0.15) is 12.6 Å². The van der Waals surface area contributed by atoms with Crippen molar-refractivity contribution >= 4 is 22.9 Å². The van der Waals surface area contributed by atoms with Crippen LogP contribution in [0.25, 0.3) is 0 Å². The SMILES string of the molecule is CC(=O)c1c(C)[nH]c(C(=O)C[NH2+][C@H](c2ccc(C)cc2)c2cccs2)c1C. The molecule has 0 aliphatic carbocycles. The van der Waals surface area contributed by atoms with Crippen molar-refractivity contribution in [3.8, 4) is 0 Å². The number of Topliss-reactive ketones (excluding diaryl/α,β-unsaturated/α-hetero) is 2. The Morgan fingerprint density at radius 1 is 1.11 bits per heavy atom. The minimum absolute atomic E-state index is 0.0109. The molecule has 1 atom stereocenters. The Morgan fingerprint density at radius 2 is 1.81 bits per heavy atom. The average molecular weight is 382 g/mol. The van der Waals surface area contributed by atoms with Crippen molar-refractivity contribution in [2.24, 2.45) is 0 Å². The second kappa shape index (κ2) is 8.03. The van der Waals surface area contributed by atoms with Crippen molar-refractivity contribution in [2.75, 3.05) is 6.54 Å². The number of quaternary nitrogens is 1. The molecule has 3 rings (SSSR count). The molecule has 5 heteroatoms. The summed E-state index contributed by atoms with van der Waals surface area (Å²) in [6, 6.07) is 12.7. The van der Waals surface area contributed by atoms with E-state index in [2.05, 4.69) is 52.9 Å². The molecule has 2 heterocycles. The fourth-order valence-corrected chi connectivity index (χ4v) is 4.39. The van der Waals surface area contributed by atoms with Crippen LogP contribution in [0.15, 0.2) is 41.8 Å². The molecule has 0 saturated heterocycles. The summed E-state index contributed by atoms with van der Waals surface area (Å²) in [5, 5.41) is 4.13. The highest BCUT2D eigenvalue weighted by Crippen LogP contribution is 2.23. The summed E-state index contributed by atoms with van der Waals surface area (Å²) in [7, 11) is 0. The number of carbonyl (C=O) groups is 2. The fraction of sp³-hybridized carbons (Fsp3) is 0.273. The third-order valence-corrected chi connectivity index (χ3v) is 5.85. The summed E-state index contributed by atoms with van der Waals surface area (Å²) < 4.78 is 0. The van der Waals surface area contributed by atoms with Gasteiger partial charge in [-0.2, -0.15) is 0 Å². The number of hydrogen-bond donors (Lipinski definition) is 2. The molecule has 3 N–H and O–H groups in total. The molecule has 140 valence electrons. The van der Waals surface area contributed by atoms with Crippen LogP contribution >= 0.6 is 11.3 Å². The lowest BCUT2D eigenvalue weighted by molar-refractivity contribution is -0.675. The van der Waals surface area contributed by atoms with Gasteiger partial charge in [0.05, 0.1) is 10.6 Å². The van der Waals surface area contributed by atoms with Gasteiger partial charge in [0.15, 0.2) is 5.78 Å². The van der Waals surface area contributed by atoms with Crippen LogP contribution < -0.4 is 5.32 Å². The van der Waals surface area contributed by atoms with E-state index in [1.54, 1.807) is 11.3 Å². The Hall–Kier alpha value is -2.50. The number of aromatic amines is 1. The summed E-state index contributed by atoms with van der Waals surface area (Å²) in [5.74, 6) is -0.00263. The van der Waals surface area contributed by atoms with Crippen LogP contribution in [-0.2, 0) is 0 Å². The number of thiophene rings is 1. The second-order valence-electron chi connectivity index (χ2n) is 6.95. The number of ketones is 2. The minimum atomic E-state index is -0.0135. The molecular weight excluding hydrogens is 356 g/mol. The summed E-state index contributed by atoms with van der Waals surface area (Å²) in [6.07, 6.45) is 0. The molecule has 0 amide bonds. The normalized spacial score (nSPS) is 12.1. The number of nitrogens with two attached hydrogens (primary N) is 1. The van der Waals surface area contributed by atoms with Crippen LogP contribution in [0.2, 0.25) is 0 Å². The zero-order valence-electron chi connectivity index (χ0n) is 16.1. The van der Waals surface area contributed by atoms with E-state index < -0.39 is 0 Å². The molecule has 2 aromatic heterocycles. The summed E-state index contributed by atoms with van der Waals surface area (Å²) in [4.78, 5) is 29.0. The quantitative estimate of drug-likeness (QED) is 0.612. The second-order valence-corrected chi connectivity index (χ2v) is 7.93. The van der Waals surface area contributed by atoms with Crippen molar-refractivity contribution in [3.05, 3.63) is 80.3 Å². The van der Waals surface area contributed by atoms with Crippen molar-refractivity contribution in [1.29, 1.82) is 0 Å². The number of aryl methyl sites for hydroxylation is 2. The van der Waals surface area contributed by atoms with Crippen LogP contribution in [0.1, 0.15) is 61.1 Å². The fourth-order valence-electron chi connectivity index (χ4n) is 3.54. The van der Waals surface area contributed by atoms with E-state index >= 15 is 0 Å². The van der Waals surface area contributed by atoms with E-state index in [1.165, 1.54) is 22.9 Å². The molecular formula is C22H25N2O2S+. The highest BCUT2D eigenvalue weighted by Gasteiger charge is 2.24. The van der Waals surface area contributed by atoms with Crippen LogP contribution in [0.5, 0.6) is 0 Å². The van der Waals surface area contributed by atoms with Gasteiger partial charge in [-0.3, -0.25) is 9.59 Å². The first-order valence-corrected chi connectivity index (χ1v) is 9.93. The molecule has 0 spiro atoms. The number of nitrogens with one attached hydrogen (secondary N) is 1. The number of carbonyl (C=O) groups excluding carboxylic acids is 2. The molecule has 0 radical (unpaired) electrons. The molecule has 0 aliphatic rings. The highest BCUT2D eigenvalue weighted by atomic mass is 32.1. The van der Waals surface area contributed by atoms with Crippen molar-refractivity contribution < 1.29 is 14.9 Å². The van der Waals surface area contributed by atoms with Crippen molar-refractivity contribution in [1.82, 2.24) is 4.98 Å². The zero-order chi connectivity index (χ0) is 19.6. The Bertz CT molecular complexity index is 953. The molecule has 0 aliphatic heterocycles. The van der Waals surface area contributed by atoms with Gasteiger partial charge in [-0.05, 0) is 44.7 Å². The van der Waals surface area contributed by atoms with Crippen LogP contribution in [0, 0.1) is 20.8 Å². The van der Waals surface area contributed by atoms with E-state index in [0.29, 0.717) is 17.8 Å². The lowest BCUT2D eigenvalue weighted by atomic mass is 10.0. The molecule has 27 heavy (non-hydrogen) atoms. The average Bonchev–Trinajstić information content (AvgIpc) is 3.24. The van der Waals surface area contributed by atoms with E-state index in [9.17, 15) is 9.59 Å². The first-order chi connectivity index (χ1) is 12.9. The molecule has 0 unspecified atom stereocenters. The number of benzene rings is 1. The summed E-state index contributed by atoms with van der Waals surface area (Å²) in [6.45, 7) is 7.59. The van der Waals surface area contributed by atoms with Gasteiger partial charge in [-0.15, -0.1) is 11.3 Å². The van der Waals surface area contributed by atoms with Crippen molar-refractivity contribution in [3.63, 3.8) is 0 Å². The maximum atomic E-state index is 12.8. The molecule has 3 aromatic rings. The summed E-state index contributed by atoms with van der Waals surface area (Å²) in [5.41, 5.74) is 5.08. The van der Waals surface area contributed by atoms with E-state index in [0.717, 1.165) is 11.3 Å². The summed E-state index contributed by atoms with van der Waals surface area (Å²) >= 11 is 1.70. The predicted molar refractivity (Wildman–Crippen MR) is 109 cm³/mol. The Kier molecular flexibility index (Phi) is 5.73. The van der Waals surface area contributed by atoms with E-state index in [-0.39, 0.29) is 17.6 Å². The number of H-pyrrole nitrogens is 1. The highest BCUT2D eigenvalue weighted by molar-refractivity contribution is 7.10. The van der Waals surface area contributed by atoms with E-state index in [4.69, 9.17) is 0 Å². The van der Waals surface area contributed by atoms with Gasteiger partial charge >= 0.3 is 0 Å². The van der Waals surface area contributed by atoms with Gasteiger partial charge in [0.25, 0.3) is 0 Å². The van der Waals surface area contributed by atoms with Crippen LogP contribution in [0.3, 0.4) is 0 Å². The lowest BCUT2D eigenvalue weighted by Crippen LogP contribution is -2.87. The first kappa shape index (κ1) is 19.3. The largest absolute Gasteiger partial charge is 0.355 e. The Balaban J connectivity index is 1.82. The third kappa shape index (κ3) is 4.10. The van der Waals surface area contributed by atoms with Gasteiger partial charge in [-0.1, -0.05) is 35.9 Å². The number of hydrogen-bond acceptors (Lipinski definition) is 3. The molecule has 0 fully saturated rings. The van der Waals surface area contributed by atoms with E-state index in [1.807, 2.05) is 19.9 Å². The number of rotatable bonds is 7. The molecule has 0 bridgehead atoms. The van der Waals surface area contributed by atoms with Crippen LogP contribution in [-0.4, -0.2) is 23.1 Å². The van der Waals surface area contributed by atoms with Gasteiger partial charge in [0, 0.05) is 16.8 Å². The number of aromatic nitrogens is 1. The molecule has 1 aromatic carbocycles. The molecule has 4 nitrogen and oxygen atoms in total. The van der Waals surface area contributed by atoms with Crippen LogP contribution in [0.4, 0.5) is 0 Å². The standard InChI is InChI=1S/C22H24N2O2S/c1-13-7-9-17(10-8-13)22(19-6-5-11-27-19)23-12-18(26)21-14(2)20(16(4)25)15(3)24-21/h5-11,22-24H,12H2,1-4H3/p+1/t22-/m1/s1. The minimum Gasteiger partial charge on any atom is -0.355 e. The predicted octanol–water partition coefficient (Wildman–Crippen LogP) is 3.74. The Labute approximate surface area is 163 Å². The third-order valence-electron chi connectivity index (χ3n) is 4.89. The van der Waals surface area contributed by atoms with Gasteiger partial charge < -0.3 is 10.3 Å². The van der Waals surface area contributed by atoms with Gasteiger partial charge in [-0.25, -0.2) is 0 Å². The topological polar surface area (TPSA) is 66.5 Å². The molecule has 0 saturated carbocycles. The monoisotopic (exact) mass is 381 g/mol. The lowest BCUT2D eigenvalue weighted by Gasteiger charge is -2.14. The first-order valence-electron chi connectivity index (χ1n) is 9.05. The smallest absolute Gasteiger partial charge is 0.233 e. The zero-order valence-corrected chi connectivity index (χ0v) is 16.9. The maximum absolute atomic E-state index is 12.8. The Morgan fingerprint density at radius 3 is 2.37 bits per heavy atom. The van der Waals surface area contributed by atoms with Crippen molar-refractivity contribution in [2.45, 2.75) is 33.7 Å². The maximum Gasteiger partial charge on any atom is 0.233 e.